The summed E-state index contributed by atoms with van der Waals surface area (Å²) >= 11 is 5.94. The number of rotatable bonds is 8. The molecule has 2 aliphatic heterocycles. The molecule has 0 saturated carbocycles. The standard InChI is InChI=1S/C27H32ClFN6O4/c1-37-24-16-23-20(26(32-17-31-23)33-18-2-3-22(29)21(28)14-18)15-25(24)39-19-4-7-34(8-5-19)9-6-30-27(36)35-10-12-38-13-11-35/h2-3,14-17,19H,4-13H2,1H3,(H,30,36)(H,31,32,33). The topological polar surface area (TPSA) is 101 Å². The molecule has 10 nitrogen and oxygen atoms in total. The van der Waals surface area contributed by atoms with Gasteiger partial charge in [-0.3, -0.25) is 0 Å². The highest BCUT2D eigenvalue weighted by Gasteiger charge is 2.23. The Labute approximate surface area is 231 Å². The highest BCUT2D eigenvalue weighted by molar-refractivity contribution is 6.31. The quantitative estimate of drug-likeness (QED) is 0.427. The lowest BCUT2D eigenvalue weighted by molar-refractivity contribution is 0.0528. The lowest BCUT2D eigenvalue weighted by atomic mass is 10.1. The van der Waals surface area contributed by atoms with Gasteiger partial charge in [-0.2, -0.15) is 0 Å². The predicted octanol–water partition coefficient (Wildman–Crippen LogP) is 4.06. The maximum absolute atomic E-state index is 13.6. The van der Waals surface area contributed by atoms with Crippen LogP contribution in [0.4, 0.5) is 20.7 Å². The minimum Gasteiger partial charge on any atom is -0.493 e. The van der Waals surface area contributed by atoms with Crippen LogP contribution < -0.4 is 20.1 Å². The molecule has 0 atom stereocenters. The number of piperidine rings is 1. The van der Waals surface area contributed by atoms with Gasteiger partial charge in [0.05, 0.1) is 30.9 Å². The summed E-state index contributed by atoms with van der Waals surface area (Å²) in [5, 5.41) is 6.96. The smallest absolute Gasteiger partial charge is 0.317 e. The van der Waals surface area contributed by atoms with E-state index in [2.05, 4.69) is 25.5 Å². The van der Waals surface area contributed by atoms with Crippen LogP contribution in [0.25, 0.3) is 10.9 Å². The van der Waals surface area contributed by atoms with Crippen molar-refractivity contribution in [1.29, 1.82) is 0 Å². The summed E-state index contributed by atoms with van der Waals surface area (Å²) < 4.78 is 30.9. The van der Waals surface area contributed by atoms with Crippen molar-refractivity contribution in [1.82, 2.24) is 25.1 Å². The molecular weight excluding hydrogens is 527 g/mol. The molecule has 1 aromatic heterocycles. The fraction of sp³-hybridized carbons (Fsp3) is 0.444. The summed E-state index contributed by atoms with van der Waals surface area (Å²) in [6.07, 6.45) is 3.17. The monoisotopic (exact) mass is 558 g/mol. The Hall–Kier alpha value is -3.41. The number of carbonyl (C=O) groups excluding carboxylic acids is 1. The molecule has 2 aromatic carbocycles. The highest BCUT2D eigenvalue weighted by atomic mass is 35.5. The molecule has 0 unspecified atom stereocenters. The second kappa shape index (κ2) is 12.6. The van der Waals surface area contributed by atoms with Crippen molar-refractivity contribution in [2.75, 3.05) is 64.9 Å². The first-order valence-electron chi connectivity index (χ1n) is 13.0. The molecule has 208 valence electrons. The number of aromatic nitrogens is 2. The summed E-state index contributed by atoms with van der Waals surface area (Å²) in [7, 11) is 1.60. The Morgan fingerprint density at radius 1 is 1.13 bits per heavy atom. The number of amides is 2. The predicted molar refractivity (Wildman–Crippen MR) is 147 cm³/mol. The van der Waals surface area contributed by atoms with E-state index in [1.165, 1.54) is 18.5 Å². The second-order valence-corrected chi connectivity index (χ2v) is 9.89. The number of carbonyl (C=O) groups is 1. The normalized spacial score (nSPS) is 16.7. The Morgan fingerprint density at radius 2 is 1.92 bits per heavy atom. The number of morpholine rings is 1. The Kier molecular flexibility index (Phi) is 8.80. The summed E-state index contributed by atoms with van der Waals surface area (Å²) in [6, 6.07) is 8.07. The fourth-order valence-electron chi connectivity index (χ4n) is 4.76. The largest absolute Gasteiger partial charge is 0.493 e. The molecule has 0 bridgehead atoms. The third-order valence-electron chi connectivity index (χ3n) is 6.93. The number of nitrogens with one attached hydrogen (secondary N) is 2. The van der Waals surface area contributed by atoms with Crippen LogP contribution in [-0.4, -0.2) is 91.5 Å². The zero-order valence-electron chi connectivity index (χ0n) is 21.8. The van der Waals surface area contributed by atoms with Crippen LogP contribution in [0.3, 0.4) is 0 Å². The first-order valence-corrected chi connectivity index (χ1v) is 13.4. The first kappa shape index (κ1) is 27.2. The summed E-state index contributed by atoms with van der Waals surface area (Å²) in [5.41, 5.74) is 1.28. The number of anilines is 2. The number of ether oxygens (including phenoxy) is 3. The van der Waals surface area contributed by atoms with E-state index in [9.17, 15) is 9.18 Å². The van der Waals surface area contributed by atoms with Crippen molar-refractivity contribution in [2.24, 2.45) is 0 Å². The molecular formula is C27H32ClFN6O4. The molecule has 3 aromatic rings. The SMILES string of the molecule is COc1cc2ncnc(Nc3ccc(F)c(Cl)c3)c2cc1OC1CCN(CCNC(=O)N2CCOCC2)CC1. The van der Waals surface area contributed by atoms with Crippen molar-refractivity contribution in [3.63, 3.8) is 0 Å². The van der Waals surface area contributed by atoms with E-state index < -0.39 is 5.82 Å². The molecule has 12 heteroatoms. The molecule has 0 radical (unpaired) electrons. The molecule has 0 spiro atoms. The van der Waals surface area contributed by atoms with Gasteiger partial charge in [0.2, 0.25) is 0 Å². The molecule has 2 N–H and O–H groups in total. The number of hydrogen-bond donors (Lipinski definition) is 2. The van der Waals surface area contributed by atoms with Gasteiger partial charge in [-0.15, -0.1) is 0 Å². The third kappa shape index (κ3) is 6.78. The Balaban J connectivity index is 1.19. The molecule has 0 aliphatic carbocycles. The Morgan fingerprint density at radius 3 is 2.67 bits per heavy atom. The zero-order valence-corrected chi connectivity index (χ0v) is 22.5. The number of urea groups is 1. The maximum Gasteiger partial charge on any atom is 0.317 e. The van der Waals surface area contributed by atoms with Crippen LogP contribution in [0.5, 0.6) is 11.5 Å². The van der Waals surface area contributed by atoms with E-state index in [1.54, 1.807) is 18.1 Å². The number of hydrogen-bond acceptors (Lipinski definition) is 8. The number of likely N-dealkylation sites (tertiary alicyclic amines) is 1. The van der Waals surface area contributed by atoms with Gasteiger partial charge in [0.25, 0.3) is 0 Å². The van der Waals surface area contributed by atoms with Crippen LogP contribution in [-0.2, 0) is 4.74 Å². The molecule has 3 heterocycles. The van der Waals surface area contributed by atoms with Crippen LogP contribution in [0, 0.1) is 5.82 Å². The van der Waals surface area contributed by atoms with Crippen LogP contribution in [0.1, 0.15) is 12.8 Å². The lowest BCUT2D eigenvalue weighted by Crippen LogP contribution is -2.48. The molecule has 2 fully saturated rings. The molecule has 2 amide bonds. The van der Waals surface area contributed by atoms with Crippen LogP contribution >= 0.6 is 11.6 Å². The third-order valence-corrected chi connectivity index (χ3v) is 7.22. The van der Waals surface area contributed by atoms with Crippen molar-refractivity contribution in [3.8, 4) is 11.5 Å². The van der Waals surface area contributed by atoms with Gasteiger partial charge in [0.15, 0.2) is 11.5 Å². The highest BCUT2D eigenvalue weighted by Crippen LogP contribution is 2.36. The zero-order chi connectivity index (χ0) is 27.2. The number of methoxy groups -OCH3 is 1. The van der Waals surface area contributed by atoms with Crippen LogP contribution in [0.15, 0.2) is 36.7 Å². The summed E-state index contributed by atoms with van der Waals surface area (Å²) in [4.78, 5) is 25.2. The molecule has 5 rings (SSSR count). The minimum absolute atomic E-state index is 0.0208. The van der Waals surface area contributed by atoms with Gasteiger partial charge in [-0.1, -0.05) is 11.6 Å². The summed E-state index contributed by atoms with van der Waals surface area (Å²) in [5.74, 6) is 1.25. The number of benzene rings is 2. The Bertz CT molecular complexity index is 1300. The van der Waals surface area contributed by atoms with E-state index in [0.29, 0.717) is 61.4 Å². The van der Waals surface area contributed by atoms with E-state index in [0.717, 1.165) is 37.9 Å². The van der Waals surface area contributed by atoms with Gasteiger partial charge in [-0.05, 0) is 37.1 Å². The minimum atomic E-state index is -0.487. The van der Waals surface area contributed by atoms with Gasteiger partial charge < -0.3 is 34.6 Å². The second-order valence-electron chi connectivity index (χ2n) is 9.49. The van der Waals surface area contributed by atoms with Gasteiger partial charge in [-0.25, -0.2) is 19.2 Å². The molecule has 2 saturated heterocycles. The number of fused-ring (bicyclic) bond motifs is 1. The molecule has 2 aliphatic rings. The van der Waals surface area contributed by atoms with Crippen molar-refractivity contribution >= 4 is 40.0 Å². The summed E-state index contributed by atoms with van der Waals surface area (Å²) in [6.45, 7) is 5.60. The van der Waals surface area contributed by atoms with Gasteiger partial charge >= 0.3 is 6.03 Å². The van der Waals surface area contributed by atoms with Crippen molar-refractivity contribution < 1.29 is 23.4 Å². The lowest BCUT2D eigenvalue weighted by Gasteiger charge is -2.33. The first-order chi connectivity index (χ1) is 19.0. The molecule has 39 heavy (non-hydrogen) atoms. The average Bonchev–Trinajstić information content (AvgIpc) is 2.96. The maximum atomic E-state index is 13.6. The van der Waals surface area contributed by atoms with Crippen LogP contribution in [0.2, 0.25) is 5.02 Å². The van der Waals surface area contributed by atoms with E-state index in [1.807, 2.05) is 12.1 Å². The van der Waals surface area contributed by atoms with Crippen molar-refractivity contribution in [3.05, 3.63) is 47.5 Å². The van der Waals surface area contributed by atoms with Gasteiger partial charge in [0.1, 0.15) is 24.1 Å². The van der Waals surface area contributed by atoms with E-state index in [-0.39, 0.29) is 17.2 Å². The van der Waals surface area contributed by atoms with E-state index >= 15 is 0 Å². The van der Waals surface area contributed by atoms with E-state index in [4.69, 9.17) is 25.8 Å². The average molecular weight is 559 g/mol. The fourth-order valence-corrected chi connectivity index (χ4v) is 4.94. The number of halogens is 2. The number of nitrogens with zero attached hydrogens (tertiary/aromatic N) is 4. The van der Waals surface area contributed by atoms with Gasteiger partial charge in [0, 0.05) is 56.4 Å². The van der Waals surface area contributed by atoms with Crippen molar-refractivity contribution in [2.45, 2.75) is 18.9 Å².